The van der Waals surface area contributed by atoms with Gasteiger partial charge in [0.25, 0.3) is 0 Å². The maximum Gasteiger partial charge on any atom is 0.246 e. The van der Waals surface area contributed by atoms with Gasteiger partial charge in [-0.05, 0) is 29.8 Å². The monoisotopic (exact) mass is 368 g/mol. The fourth-order valence-electron chi connectivity index (χ4n) is 3.41. The van der Waals surface area contributed by atoms with Gasteiger partial charge in [-0.15, -0.1) is 0 Å². The molecular formula is C19H17FN4O3. The molecule has 3 N–H and O–H groups in total. The molecular weight excluding hydrogens is 351 g/mol. The van der Waals surface area contributed by atoms with E-state index in [1.54, 1.807) is 36.5 Å². The summed E-state index contributed by atoms with van der Waals surface area (Å²) in [6, 6.07) is 9.23. The molecule has 138 valence electrons. The van der Waals surface area contributed by atoms with E-state index in [4.69, 9.17) is 0 Å². The van der Waals surface area contributed by atoms with Crippen LogP contribution in [0.4, 0.5) is 10.2 Å². The van der Waals surface area contributed by atoms with Crippen molar-refractivity contribution in [2.24, 2.45) is 5.92 Å². The number of carbonyl (C=O) groups is 2. The molecule has 0 spiro atoms. The Kier molecular flexibility index (Phi) is 4.43. The van der Waals surface area contributed by atoms with E-state index in [2.05, 4.69) is 15.7 Å². The molecule has 8 heteroatoms. The van der Waals surface area contributed by atoms with Crippen LogP contribution in [0.15, 0.2) is 60.8 Å². The molecule has 0 bridgehead atoms. The predicted octanol–water partition coefficient (Wildman–Crippen LogP) is 1.16. The highest BCUT2D eigenvalue weighted by Gasteiger charge is 2.49. The molecule has 1 saturated heterocycles. The zero-order valence-electron chi connectivity index (χ0n) is 14.1. The molecule has 2 amide bonds. The lowest BCUT2D eigenvalue weighted by Crippen LogP contribution is -2.55. The van der Waals surface area contributed by atoms with Gasteiger partial charge in [0.15, 0.2) is 0 Å². The van der Waals surface area contributed by atoms with E-state index in [1.807, 2.05) is 0 Å². The number of carbonyl (C=O) groups excluding carboxylic acids is 2. The lowest BCUT2D eigenvalue weighted by Gasteiger charge is -2.40. The molecule has 4 unspecified atom stereocenters. The molecule has 0 aliphatic carbocycles. The van der Waals surface area contributed by atoms with Crippen LogP contribution >= 0.6 is 0 Å². The minimum absolute atomic E-state index is 0.385. The Morgan fingerprint density at radius 3 is 2.59 bits per heavy atom. The van der Waals surface area contributed by atoms with Gasteiger partial charge in [-0.1, -0.05) is 30.4 Å². The Morgan fingerprint density at radius 2 is 1.89 bits per heavy atom. The van der Waals surface area contributed by atoms with Crippen molar-refractivity contribution in [3.8, 4) is 0 Å². The first kappa shape index (κ1) is 17.3. The van der Waals surface area contributed by atoms with E-state index in [1.165, 1.54) is 29.3 Å². The van der Waals surface area contributed by atoms with Crippen molar-refractivity contribution < 1.29 is 19.1 Å². The molecule has 2 aliphatic heterocycles. The minimum atomic E-state index is -1.05. The van der Waals surface area contributed by atoms with Gasteiger partial charge in [-0.25, -0.2) is 9.37 Å². The Balaban J connectivity index is 1.70. The number of amides is 2. The van der Waals surface area contributed by atoms with E-state index in [0.29, 0.717) is 11.4 Å². The average molecular weight is 368 g/mol. The molecule has 1 aromatic carbocycles. The second-order valence-electron chi connectivity index (χ2n) is 6.43. The fourth-order valence-corrected chi connectivity index (χ4v) is 3.41. The summed E-state index contributed by atoms with van der Waals surface area (Å²) in [4.78, 5) is 28.6. The molecule has 7 nitrogen and oxygen atoms in total. The molecule has 0 radical (unpaired) electrons. The van der Waals surface area contributed by atoms with Crippen LogP contribution in [0.1, 0.15) is 11.7 Å². The zero-order valence-corrected chi connectivity index (χ0v) is 14.1. The van der Waals surface area contributed by atoms with Crippen LogP contribution in [0, 0.1) is 11.7 Å². The predicted molar refractivity (Wildman–Crippen MR) is 94.4 cm³/mol. The number of fused-ring (bicyclic) bond motifs is 1. The third-order valence-electron chi connectivity index (χ3n) is 4.74. The summed E-state index contributed by atoms with van der Waals surface area (Å²) >= 11 is 0. The van der Waals surface area contributed by atoms with Crippen LogP contribution in [0.3, 0.4) is 0 Å². The van der Waals surface area contributed by atoms with Gasteiger partial charge in [0, 0.05) is 6.20 Å². The van der Waals surface area contributed by atoms with Gasteiger partial charge in [-0.3, -0.25) is 14.9 Å². The van der Waals surface area contributed by atoms with Crippen molar-refractivity contribution in [2.75, 3.05) is 5.43 Å². The van der Waals surface area contributed by atoms with Gasteiger partial charge in [0.05, 0.1) is 18.1 Å². The van der Waals surface area contributed by atoms with E-state index in [0.717, 1.165) is 0 Å². The first-order chi connectivity index (χ1) is 13.0. The third kappa shape index (κ3) is 3.20. The summed E-state index contributed by atoms with van der Waals surface area (Å²) in [5.41, 5.74) is 3.53. The highest BCUT2D eigenvalue weighted by Crippen LogP contribution is 2.33. The summed E-state index contributed by atoms with van der Waals surface area (Å²) in [6.45, 7) is 0. The van der Waals surface area contributed by atoms with Gasteiger partial charge in [0.2, 0.25) is 11.8 Å². The standard InChI is InChI=1S/C19H17FN4O3/c20-12-6-4-11(5-7-12)17(25)14-9-8-13-16(19(27)22-18(13)26)24(14)23-15-3-1-2-10-21-15/h1-10,13-14,16-17,25H,(H,21,23)(H,22,26,27). The van der Waals surface area contributed by atoms with Gasteiger partial charge < -0.3 is 10.5 Å². The molecule has 0 saturated carbocycles. The third-order valence-corrected chi connectivity index (χ3v) is 4.74. The number of nitrogens with one attached hydrogen (secondary N) is 2. The summed E-state index contributed by atoms with van der Waals surface area (Å²) < 4.78 is 13.2. The summed E-state index contributed by atoms with van der Waals surface area (Å²) in [5, 5.41) is 14.7. The number of hydrazine groups is 1. The lowest BCUT2D eigenvalue weighted by molar-refractivity contribution is -0.126. The van der Waals surface area contributed by atoms with Crippen LogP contribution in [0.2, 0.25) is 0 Å². The number of aromatic nitrogens is 1. The number of rotatable bonds is 4. The van der Waals surface area contributed by atoms with Crippen LogP contribution in [0.5, 0.6) is 0 Å². The van der Waals surface area contributed by atoms with E-state index < -0.39 is 35.8 Å². The molecule has 2 aromatic rings. The van der Waals surface area contributed by atoms with Gasteiger partial charge in [0.1, 0.15) is 17.7 Å². The fraction of sp³-hybridized carbons (Fsp3) is 0.211. The molecule has 2 aliphatic rings. The second-order valence-corrected chi connectivity index (χ2v) is 6.43. The lowest BCUT2D eigenvalue weighted by atomic mass is 9.90. The first-order valence-electron chi connectivity index (χ1n) is 8.47. The maximum absolute atomic E-state index is 13.2. The molecule has 1 aromatic heterocycles. The smallest absolute Gasteiger partial charge is 0.246 e. The van der Waals surface area contributed by atoms with Crippen LogP contribution < -0.4 is 10.7 Å². The molecule has 3 heterocycles. The Morgan fingerprint density at radius 1 is 1.11 bits per heavy atom. The highest BCUT2D eigenvalue weighted by atomic mass is 19.1. The topological polar surface area (TPSA) is 94.6 Å². The zero-order chi connectivity index (χ0) is 19.0. The first-order valence-corrected chi connectivity index (χ1v) is 8.47. The Labute approximate surface area is 154 Å². The Hall–Kier alpha value is -3.10. The van der Waals surface area contributed by atoms with E-state index in [-0.39, 0.29) is 5.91 Å². The number of anilines is 1. The number of nitrogens with zero attached hydrogens (tertiary/aromatic N) is 2. The minimum Gasteiger partial charge on any atom is -0.386 e. The van der Waals surface area contributed by atoms with Crippen molar-refractivity contribution in [3.05, 3.63) is 72.2 Å². The van der Waals surface area contributed by atoms with Crippen molar-refractivity contribution in [2.45, 2.75) is 18.2 Å². The van der Waals surface area contributed by atoms with E-state index >= 15 is 0 Å². The number of pyridine rings is 1. The van der Waals surface area contributed by atoms with Crippen LogP contribution in [0.25, 0.3) is 0 Å². The molecule has 4 atom stereocenters. The van der Waals surface area contributed by atoms with Crippen molar-refractivity contribution in [3.63, 3.8) is 0 Å². The van der Waals surface area contributed by atoms with Gasteiger partial charge >= 0.3 is 0 Å². The number of benzene rings is 1. The number of hydrogen-bond acceptors (Lipinski definition) is 6. The number of hydrogen-bond donors (Lipinski definition) is 3. The van der Waals surface area contributed by atoms with Crippen LogP contribution in [-0.2, 0) is 9.59 Å². The van der Waals surface area contributed by atoms with Crippen LogP contribution in [-0.4, -0.2) is 39.0 Å². The number of aliphatic hydroxyl groups excluding tert-OH is 1. The van der Waals surface area contributed by atoms with Crippen molar-refractivity contribution in [1.29, 1.82) is 0 Å². The SMILES string of the molecule is O=C1NC(=O)C2C1C=CC(C(O)c1ccc(F)cc1)N2Nc1ccccn1. The molecule has 4 rings (SSSR count). The van der Waals surface area contributed by atoms with Crippen molar-refractivity contribution >= 4 is 17.6 Å². The Bertz CT molecular complexity index is 888. The summed E-state index contributed by atoms with van der Waals surface area (Å²) in [6.07, 6.45) is 3.83. The highest BCUT2D eigenvalue weighted by molar-refractivity contribution is 6.08. The summed E-state index contributed by atoms with van der Waals surface area (Å²) in [7, 11) is 0. The second kappa shape index (κ2) is 6.90. The normalized spacial score (nSPS) is 25.8. The number of aliphatic hydroxyl groups is 1. The summed E-state index contributed by atoms with van der Waals surface area (Å²) in [5.74, 6) is -1.44. The van der Waals surface area contributed by atoms with E-state index in [9.17, 15) is 19.1 Å². The largest absolute Gasteiger partial charge is 0.386 e. The van der Waals surface area contributed by atoms with Gasteiger partial charge in [-0.2, -0.15) is 5.01 Å². The number of imide groups is 1. The molecule has 1 fully saturated rings. The molecule has 27 heavy (non-hydrogen) atoms. The maximum atomic E-state index is 13.2. The number of halogens is 1. The van der Waals surface area contributed by atoms with Crippen molar-refractivity contribution in [1.82, 2.24) is 15.3 Å². The quantitative estimate of drug-likeness (QED) is 0.554. The average Bonchev–Trinajstić information content (AvgIpc) is 2.97.